The molecule has 3 rings (SSSR count). The van der Waals surface area contributed by atoms with E-state index in [9.17, 15) is 18.0 Å². The van der Waals surface area contributed by atoms with Crippen molar-refractivity contribution < 1.29 is 13.2 Å². The third-order valence-electron chi connectivity index (χ3n) is 3.02. The summed E-state index contributed by atoms with van der Waals surface area (Å²) in [5, 5.41) is 0. The van der Waals surface area contributed by atoms with Gasteiger partial charge in [-0.2, -0.15) is 13.2 Å². The summed E-state index contributed by atoms with van der Waals surface area (Å²) >= 11 is 0. The van der Waals surface area contributed by atoms with E-state index in [0.717, 1.165) is 17.7 Å². The molecule has 0 radical (unpaired) electrons. The fraction of sp³-hybridized carbons (Fsp3) is 0.154. The number of halogens is 3. The molecule has 0 aliphatic carbocycles. The zero-order valence-electron chi connectivity index (χ0n) is 9.88. The molecule has 0 saturated carbocycles. The van der Waals surface area contributed by atoms with E-state index < -0.39 is 17.3 Å². The normalized spacial score (nSPS) is 12.4. The summed E-state index contributed by atoms with van der Waals surface area (Å²) in [6.45, 7) is 1.82. The lowest BCUT2D eigenvalue weighted by molar-refractivity contribution is -0.137. The predicted molar refractivity (Wildman–Crippen MR) is 65.3 cm³/mol. The molecule has 2 heterocycles. The second-order valence-corrected chi connectivity index (χ2v) is 4.46. The quantitative estimate of drug-likeness (QED) is 0.667. The van der Waals surface area contributed by atoms with E-state index >= 15 is 0 Å². The van der Waals surface area contributed by atoms with Gasteiger partial charge in [0.2, 0.25) is 0 Å². The van der Waals surface area contributed by atoms with Crippen LogP contribution in [0.3, 0.4) is 0 Å². The van der Waals surface area contributed by atoms with Gasteiger partial charge in [-0.15, -0.1) is 0 Å². The van der Waals surface area contributed by atoms with Gasteiger partial charge in [0.1, 0.15) is 5.52 Å². The molecule has 0 amide bonds. The van der Waals surface area contributed by atoms with Gasteiger partial charge in [-0.25, -0.2) is 0 Å². The number of nitrogens with zero attached hydrogens (tertiary/aromatic N) is 1. The molecular formula is C13H9F3N2O. The number of hydrogen-bond donors (Lipinski definition) is 1. The minimum absolute atomic E-state index is 0.169. The number of aryl methyl sites for hydroxylation is 1. The van der Waals surface area contributed by atoms with Gasteiger partial charge in [-0.05, 0) is 36.8 Å². The molecule has 19 heavy (non-hydrogen) atoms. The van der Waals surface area contributed by atoms with Crippen molar-refractivity contribution in [3.8, 4) is 0 Å². The Bertz CT molecular complexity index is 843. The highest BCUT2D eigenvalue weighted by Gasteiger charge is 2.30. The molecule has 0 fully saturated rings. The lowest BCUT2D eigenvalue weighted by Gasteiger charge is -2.08. The number of benzene rings is 1. The highest BCUT2D eigenvalue weighted by Crippen LogP contribution is 2.30. The fourth-order valence-electron chi connectivity index (χ4n) is 2.18. The molecule has 0 aliphatic rings. The molecule has 2 aromatic heterocycles. The van der Waals surface area contributed by atoms with Crippen LogP contribution >= 0.6 is 0 Å². The summed E-state index contributed by atoms with van der Waals surface area (Å²) in [6.07, 6.45) is -2.70. The van der Waals surface area contributed by atoms with Crippen molar-refractivity contribution in [3.63, 3.8) is 0 Å². The largest absolute Gasteiger partial charge is 0.416 e. The van der Waals surface area contributed by atoms with Crippen molar-refractivity contribution in [2.45, 2.75) is 13.1 Å². The van der Waals surface area contributed by atoms with E-state index in [4.69, 9.17) is 0 Å². The maximum atomic E-state index is 12.6. The number of fused-ring (bicyclic) bond motifs is 3. The average molecular weight is 266 g/mol. The molecular weight excluding hydrogens is 257 g/mol. The number of nitrogens with one attached hydrogen (secondary N) is 1. The van der Waals surface area contributed by atoms with E-state index in [1.807, 2.05) is 6.92 Å². The van der Waals surface area contributed by atoms with Crippen LogP contribution in [0.25, 0.3) is 16.6 Å². The van der Waals surface area contributed by atoms with E-state index in [1.54, 1.807) is 16.7 Å². The fourth-order valence-corrected chi connectivity index (χ4v) is 2.18. The van der Waals surface area contributed by atoms with Crippen LogP contribution in [-0.2, 0) is 6.18 Å². The second kappa shape index (κ2) is 3.63. The van der Waals surface area contributed by atoms with Crippen LogP contribution in [0.15, 0.2) is 35.3 Å². The molecule has 0 saturated heterocycles. The average Bonchev–Trinajstić information content (AvgIpc) is 2.70. The second-order valence-electron chi connectivity index (χ2n) is 4.46. The van der Waals surface area contributed by atoms with Crippen LogP contribution in [0.5, 0.6) is 0 Å². The van der Waals surface area contributed by atoms with Crippen molar-refractivity contribution in [2.24, 2.45) is 0 Å². The first kappa shape index (κ1) is 11.8. The molecule has 1 N–H and O–H groups in total. The molecule has 3 nitrogen and oxygen atoms in total. The maximum absolute atomic E-state index is 12.6. The van der Waals surface area contributed by atoms with Crippen molar-refractivity contribution >= 4 is 16.6 Å². The summed E-state index contributed by atoms with van der Waals surface area (Å²) in [6, 6.07) is 5.01. The van der Waals surface area contributed by atoms with Crippen LogP contribution in [0.4, 0.5) is 13.2 Å². The van der Waals surface area contributed by atoms with Crippen LogP contribution in [-0.4, -0.2) is 9.38 Å². The molecule has 6 heteroatoms. The van der Waals surface area contributed by atoms with Crippen LogP contribution in [0, 0.1) is 6.92 Å². The lowest BCUT2D eigenvalue weighted by atomic mass is 10.2. The summed E-state index contributed by atoms with van der Waals surface area (Å²) in [5.41, 5.74) is 0.820. The number of aromatic amines is 1. The molecule has 0 spiro atoms. The smallest absolute Gasteiger partial charge is 0.319 e. The highest BCUT2D eigenvalue weighted by atomic mass is 19.4. The minimum atomic E-state index is -4.42. The molecule has 3 aromatic rings. The van der Waals surface area contributed by atoms with Crippen molar-refractivity contribution in [1.82, 2.24) is 9.38 Å². The zero-order valence-corrected chi connectivity index (χ0v) is 9.88. The molecule has 98 valence electrons. The third kappa shape index (κ3) is 1.80. The maximum Gasteiger partial charge on any atom is 0.416 e. The molecule has 0 atom stereocenters. The van der Waals surface area contributed by atoms with Crippen molar-refractivity contribution in [1.29, 1.82) is 0 Å². The molecule has 0 aliphatic heterocycles. The van der Waals surface area contributed by atoms with Crippen LogP contribution in [0.2, 0.25) is 0 Å². The van der Waals surface area contributed by atoms with Crippen molar-refractivity contribution in [3.05, 3.63) is 51.9 Å². The van der Waals surface area contributed by atoms with Crippen LogP contribution < -0.4 is 5.56 Å². The first-order chi connectivity index (χ1) is 8.86. The van der Waals surface area contributed by atoms with Gasteiger partial charge in [0, 0.05) is 6.20 Å². The monoisotopic (exact) mass is 266 g/mol. The Morgan fingerprint density at radius 1 is 1.16 bits per heavy atom. The van der Waals surface area contributed by atoms with E-state index in [-0.39, 0.29) is 5.52 Å². The molecule has 0 bridgehead atoms. The Kier molecular flexibility index (Phi) is 2.26. The third-order valence-corrected chi connectivity index (χ3v) is 3.02. The highest BCUT2D eigenvalue weighted by molar-refractivity contribution is 5.79. The molecule has 1 aromatic carbocycles. The number of aromatic nitrogens is 2. The first-order valence-corrected chi connectivity index (χ1v) is 5.58. The standard InChI is InChI=1S/C13H9F3N2O/c1-7-4-11-12(19)17-9-5-8(13(14,15)16)2-3-10(9)18(11)6-7/h2-6H,1H3,(H,17,19). The van der Waals surface area contributed by atoms with E-state index in [1.165, 1.54) is 6.07 Å². The predicted octanol–water partition coefficient (Wildman–Crippen LogP) is 3.11. The summed E-state index contributed by atoms with van der Waals surface area (Å²) < 4.78 is 39.5. The number of hydrogen-bond acceptors (Lipinski definition) is 1. The Morgan fingerprint density at radius 3 is 2.58 bits per heavy atom. The topological polar surface area (TPSA) is 37.3 Å². The Balaban J connectivity index is 2.43. The number of H-pyrrole nitrogens is 1. The van der Waals surface area contributed by atoms with Gasteiger partial charge >= 0.3 is 6.18 Å². The van der Waals surface area contributed by atoms with Gasteiger partial charge in [0.15, 0.2) is 0 Å². The summed E-state index contributed by atoms with van der Waals surface area (Å²) in [4.78, 5) is 14.3. The first-order valence-electron chi connectivity index (χ1n) is 5.58. The van der Waals surface area contributed by atoms with Gasteiger partial charge in [0.05, 0.1) is 16.6 Å². The van der Waals surface area contributed by atoms with E-state index in [2.05, 4.69) is 4.98 Å². The summed E-state index contributed by atoms with van der Waals surface area (Å²) in [7, 11) is 0. The Hall–Kier alpha value is -2.24. The SMILES string of the molecule is Cc1cc2c(=O)[nH]c3cc(C(F)(F)F)ccc3n2c1. The van der Waals surface area contributed by atoms with E-state index in [0.29, 0.717) is 11.0 Å². The Labute approximate surface area is 105 Å². The summed E-state index contributed by atoms with van der Waals surface area (Å²) in [5.74, 6) is 0. The van der Waals surface area contributed by atoms with Gasteiger partial charge < -0.3 is 9.38 Å². The molecule has 0 unspecified atom stereocenters. The lowest BCUT2D eigenvalue weighted by Crippen LogP contribution is -2.11. The van der Waals surface area contributed by atoms with Gasteiger partial charge in [-0.1, -0.05) is 0 Å². The number of rotatable bonds is 0. The number of alkyl halides is 3. The van der Waals surface area contributed by atoms with Gasteiger partial charge in [-0.3, -0.25) is 4.79 Å². The van der Waals surface area contributed by atoms with Gasteiger partial charge in [0.25, 0.3) is 5.56 Å². The van der Waals surface area contributed by atoms with Crippen molar-refractivity contribution in [2.75, 3.05) is 0 Å². The zero-order chi connectivity index (χ0) is 13.8. The minimum Gasteiger partial charge on any atom is -0.319 e. The Morgan fingerprint density at radius 2 is 1.89 bits per heavy atom. The van der Waals surface area contributed by atoms with Crippen LogP contribution in [0.1, 0.15) is 11.1 Å².